The Morgan fingerprint density at radius 2 is 1.91 bits per heavy atom. The van der Waals surface area contributed by atoms with Gasteiger partial charge in [-0.1, -0.05) is 18.6 Å². The molecule has 3 aromatic heterocycles. The van der Waals surface area contributed by atoms with E-state index in [9.17, 15) is 9.90 Å². The van der Waals surface area contributed by atoms with E-state index >= 15 is 0 Å². The van der Waals surface area contributed by atoms with Crippen LogP contribution in [0.3, 0.4) is 0 Å². The molecule has 0 radical (unpaired) electrons. The molecule has 0 saturated heterocycles. The number of nitrogens with zero attached hydrogens (tertiary/aromatic N) is 5. The van der Waals surface area contributed by atoms with Crippen molar-refractivity contribution in [3.8, 4) is 22.8 Å². The van der Waals surface area contributed by atoms with Gasteiger partial charge in [-0.2, -0.15) is 9.78 Å². The zero-order valence-electron chi connectivity index (χ0n) is 19.7. The molecule has 9 nitrogen and oxygen atoms in total. The van der Waals surface area contributed by atoms with E-state index in [1.807, 2.05) is 39.8 Å². The topological polar surface area (TPSA) is 115 Å². The van der Waals surface area contributed by atoms with Crippen LogP contribution in [0.15, 0.2) is 42.7 Å². The zero-order valence-corrected chi connectivity index (χ0v) is 19.7. The highest BCUT2D eigenvalue weighted by Gasteiger charge is 2.24. The fourth-order valence-corrected chi connectivity index (χ4v) is 3.73. The van der Waals surface area contributed by atoms with Crippen molar-refractivity contribution in [2.75, 3.05) is 12.4 Å². The van der Waals surface area contributed by atoms with Gasteiger partial charge in [0, 0.05) is 29.6 Å². The average molecular weight is 459 g/mol. The lowest BCUT2D eigenvalue weighted by molar-refractivity contribution is 0.0698. The van der Waals surface area contributed by atoms with Gasteiger partial charge in [-0.05, 0) is 45.4 Å². The molecule has 0 fully saturated rings. The first-order chi connectivity index (χ1) is 16.3. The second-order valence-corrected chi connectivity index (χ2v) is 7.92. The minimum atomic E-state index is -1.02. The molecular weight excluding hydrogens is 432 g/mol. The summed E-state index contributed by atoms with van der Waals surface area (Å²) in [7, 11) is 1.56. The van der Waals surface area contributed by atoms with Crippen LogP contribution in [0.25, 0.3) is 16.9 Å². The van der Waals surface area contributed by atoms with Crippen molar-refractivity contribution in [3.63, 3.8) is 0 Å². The van der Waals surface area contributed by atoms with E-state index in [0.717, 1.165) is 28.1 Å². The summed E-state index contributed by atoms with van der Waals surface area (Å²) < 4.78 is 6.91. The number of carboxylic acid groups (broad SMARTS) is 1. The summed E-state index contributed by atoms with van der Waals surface area (Å²) in [5.41, 5.74) is 5.33. The highest BCUT2D eigenvalue weighted by atomic mass is 16.5. The smallest absolute Gasteiger partial charge is 0.337 e. The maximum absolute atomic E-state index is 12.0. The molecule has 2 N–H and O–H groups in total. The number of aromatic carboxylic acids is 1. The summed E-state index contributed by atoms with van der Waals surface area (Å²) in [4.78, 5) is 25.5. The Balaban J connectivity index is 1.99. The molecule has 0 aliphatic heterocycles. The van der Waals surface area contributed by atoms with Crippen molar-refractivity contribution < 1.29 is 14.6 Å². The van der Waals surface area contributed by atoms with Crippen LogP contribution >= 0.6 is 0 Å². The molecule has 0 aliphatic carbocycles. The fourth-order valence-electron chi connectivity index (χ4n) is 3.73. The van der Waals surface area contributed by atoms with Gasteiger partial charge in [0.2, 0.25) is 5.88 Å². The molecular formula is C25H26N6O3. The van der Waals surface area contributed by atoms with Crippen LogP contribution in [0.4, 0.5) is 11.5 Å². The lowest BCUT2D eigenvalue weighted by Gasteiger charge is -2.15. The van der Waals surface area contributed by atoms with E-state index in [4.69, 9.17) is 9.84 Å². The molecule has 0 unspecified atom stereocenters. The first kappa shape index (κ1) is 22.9. The normalized spacial score (nSPS) is 10.9. The van der Waals surface area contributed by atoms with E-state index in [0.29, 0.717) is 35.3 Å². The Morgan fingerprint density at radius 1 is 1.12 bits per heavy atom. The highest BCUT2D eigenvalue weighted by molar-refractivity contribution is 5.96. The van der Waals surface area contributed by atoms with Crippen molar-refractivity contribution in [1.82, 2.24) is 24.7 Å². The number of aryl methyl sites for hydroxylation is 4. The second-order valence-electron chi connectivity index (χ2n) is 7.92. The maximum Gasteiger partial charge on any atom is 0.337 e. The number of ether oxygens (including phenoxy) is 1. The van der Waals surface area contributed by atoms with E-state index < -0.39 is 5.97 Å². The molecule has 0 bridgehead atoms. The van der Waals surface area contributed by atoms with E-state index in [1.54, 1.807) is 42.4 Å². The van der Waals surface area contributed by atoms with E-state index in [2.05, 4.69) is 20.3 Å². The van der Waals surface area contributed by atoms with Gasteiger partial charge < -0.3 is 15.2 Å². The largest absolute Gasteiger partial charge is 0.481 e. The number of benzene rings is 1. The molecule has 0 saturated carbocycles. The monoisotopic (exact) mass is 458 g/mol. The Hall–Kier alpha value is -4.27. The fraction of sp³-hybridized carbons (Fsp3) is 0.240. The number of carbonyl (C=O) groups is 1. The summed E-state index contributed by atoms with van der Waals surface area (Å²) in [6, 6.07) is 8.94. The SMILES string of the molecule is CCc1nn(-c2nc(C)cnc2C)c(Nc2ccc(C)cc2C(=O)O)c1-c1ccc(OC)nc1. The molecule has 4 aromatic rings. The number of methoxy groups -OCH3 is 1. The minimum absolute atomic E-state index is 0.164. The molecule has 1 aromatic carbocycles. The van der Waals surface area contributed by atoms with E-state index in [-0.39, 0.29) is 5.56 Å². The number of hydrogen-bond acceptors (Lipinski definition) is 7. The molecule has 3 heterocycles. The van der Waals surface area contributed by atoms with Crippen molar-refractivity contribution in [2.24, 2.45) is 0 Å². The van der Waals surface area contributed by atoms with Crippen LogP contribution in [0.5, 0.6) is 5.88 Å². The van der Waals surface area contributed by atoms with Crippen LogP contribution in [-0.4, -0.2) is 42.9 Å². The predicted molar refractivity (Wildman–Crippen MR) is 129 cm³/mol. The summed E-state index contributed by atoms with van der Waals surface area (Å²) in [5.74, 6) is 0.620. The van der Waals surface area contributed by atoms with Crippen molar-refractivity contribution in [2.45, 2.75) is 34.1 Å². The maximum atomic E-state index is 12.0. The zero-order chi connectivity index (χ0) is 24.4. The van der Waals surface area contributed by atoms with Crippen LogP contribution in [0.1, 0.15) is 39.9 Å². The number of anilines is 2. The van der Waals surface area contributed by atoms with Crippen molar-refractivity contribution >= 4 is 17.5 Å². The van der Waals surface area contributed by atoms with Crippen LogP contribution in [0.2, 0.25) is 0 Å². The van der Waals surface area contributed by atoms with Gasteiger partial charge in [0.05, 0.1) is 35.4 Å². The highest BCUT2D eigenvalue weighted by Crippen LogP contribution is 2.37. The first-order valence-electron chi connectivity index (χ1n) is 10.9. The summed E-state index contributed by atoms with van der Waals surface area (Å²) in [5, 5.41) is 18.0. The predicted octanol–water partition coefficient (Wildman–Crippen LogP) is 4.66. The Morgan fingerprint density at radius 3 is 2.56 bits per heavy atom. The Labute approximate surface area is 197 Å². The van der Waals surface area contributed by atoms with Gasteiger partial charge in [0.25, 0.3) is 0 Å². The third-order valence-corrected chi connectivity index (χ3v) is 5.44. The third kappa shape index (κ3) is 4.32. The lowest BCUT2D eigenvalue weighted by atomic mass is 10.0. The Bertz CT molecular complexity index is 1360. The number of nitrogens with one attached hydrogen (secondary N) is 1. The number of pyridine rings is 1. The molecule has 0 spiro atoms. The van der Waals surface area contributed by atoms with Gasteiger partial charge in [-0.25, -0.2) is 14.8 Å². The first-order valence-corrected chi connectivity index (χ1v) is 10.9. The average Bonchev–Trinajstić information content (AvgIpc) is 3.19. The molecule has 0 atom stereocenters. The number of hydrogen-bond donors (Lipinski definition) is 2. The standard InChI is InChI=1S/C25H26N6O3/c1-6-19-22(17-8-10-21(34-5)27-13-17)24(29-20-9-7-14(2)11-18(20)25(32)33)31(30-19)23-16(4)26-12-15(3)28-23/h7-13,29H,6H2,1-5H3,(H,32,33). The van der Waals surface area contributed by atoms with Crippen LogP contribution in [0, 0.1) is 20.8 Å². The molecule has 0 aliphatic rings. The Kier molecular flexibility index (Phi) is 6.27. The molecule has 9 heteroatoms. The summed E-state index contributed by atoms with van der Waals surface area (Å²) >= 11 is 0. The number of carboxylic acids is 1. The molecule has 4 rings (SSSR count). The summed E-state index contributed by atoms with van der Waals surface area (Å²) in [6.07, 6.45) is 4.06. The van der Waals surface area contributed by atoms with Crippen LogP contribution < -0.4 is 10.1 Å². The van der Waals surface area contributed by atoms with Gasteiger partial charge in [-0.3, -0.25) is 4.98 Å². The number of rotatable bonds is 7. The van der Waals surface area contributed by atoms with Crippen LogP contribution in [-0.2, 0) is 6.42 Å². The van der Waals surface area contributed by atoms with Crippen molar-refractivity contribution in [1.29, 1.82) is 0 Å². The van der Waals surface area contributed by atoms with Gasteiger partial charge >= 0.3 is 5.97 Å². The van der Waals surface area contributed by atoms with Gasteiger partial charge in [-0.15, -0.1) is 0 Å². The molecule has 34 heavy (non-hydrogen) atoms. The second kappa shape index (κ2) is 9.30. The lowest BCUT2D eigenvalue weighted by Crippen LogP contribution is -2.11. The molecule has 174 valence electrons. The minimum Gasteiger partial charge on any atom is -0.481 e. The van der Waals surface area contributed by atoms with E-state index in [1.165, 1.54) is 0 Å². The quantitative estimate of drug-likeness (QED) is 0.411. The summed E-state index contributed by atoms with van der Waals surface area (Å²) in [6.45, 7) is 7.60. The van der Waals surface area contributed by atoms with Crippen molar-refractivity contribution in [3.05, 3.63) is 70.9 Å². The van der Waals surface area contributed by atoms with Gasteiger partial charge in [0.15, 0.2) is 5.82 Å². The molecule has 0 amide bonds. The third-order valence-electron chi connectivity index (χ3n) is 5.44. The van der Waals surface area contributed by atoms with Gasteiger partial charge in [0.1, 0.15) is 5.82 Å². The number of aromatic nitrogens is 5.